The van der Waals surface area contributed by atoms with Gasteiger partial charge < -0.3 is 167 Å². The smallest absolute Gasteiger partial charge is 0.126 e. The van der Waals surface area contributed by atoms with Gasteiger partial charge in [0, 0.05) is 24.7 Å². The van der Waals surface area contributed by atoms with Gasteiger partial charge in [0.25, 0.3) is 0 Å². The molecule has 0 fully saturated rings. The Kier molecular flexibility index (Phi) is 98.4. The zero-order valence-electron chi connectivity index (χ0n) is 84.4. The predicted molar refractivity (Wildman–Crippen MR) is 493 cm³/mol. The molecular weight excluding hydrogens is 1420 g/mol. The van der Waals surface area contributed by atoms with E-state index in [0.29, 0.717) is 63.9 Å². The third-order valence-electron chi connectivity index (χ3n) is 25.8. The summed E-state index contributed by atoms with van der Waals surface area (Å²) in [5, 5.41) is 133. The molecule has 11 atom stereocenters. The second-order valence-electron chi connectivity index (χ2n) is 35.7. The molecule has 22 heteroatoms. The highest BCUT2D eigenvalue weighted by atomic mass is 16.3. The minimum atomic E-state index is -1.11. The molecule has 0 aliphatic carbocycles. The van der Waals surface area contributed by atoms with Crippen LogP contribution < -0.4 is 0 Å². The number of rotatable bonds is 45. The molecule has 0 bridgehead atoms. The maximum Gasteiger partial charge on any atom is 0.126 e. The lowest BCUT2D eigenvalue weighted by Gasteiger charge is -2.54. The third-order valence-corrected chi connectivity index (χ3v) is 25.8. The first-order valence-electron chi connectivity index (χ1n) is 41.0. The third kappa shape index (κ3) is 51.7. The van der Waals surface area contributed by atoms with Crippen molar-refractivity contribution in [2.24, 2.45) is 11.8 Å². The molecule has 0 saturated heterocycles. The summed E-state index contributed by atoms with van der Waals surface area (Å²) in [5.74, 6) is 0.918. The Balaban J connectivity index is -0.0000000681. The highest BCUT2D eigenvalue weighted by molar-refractivity contribution is 4.83. The summed E-state index contributed by atoms with van der Waals surface area (Å²) in [7, 11) is 22.1. The van der Waals surface area contributed by atoms with Crippen LogP contribution in [0.1, 0.15) is 232 Å². The molecule has 14 N–H and O–H groups in total. The van der Waals surface area contributed by atoms with Gasteiger partial charge in [0.1, 0.15) is 86.3 Å². The summed E-state index contributed by atoms with van der Waals surface area (Å²) in [4.78, 5) is 0. The lowest BCUT2D eigenvalue weighted by molar-refractivity contribution is -0.993. The van der Waals surface area contributed by atoms with Crippen molar-refractivity contribution in [3.8, 4) is 0 Å². The quantitative estimate of drug-likeness (QED) is 0.0200. The standard InChI is InChI=1S/C15H34NO7.C13H30NO3.C12H28NO3.C11H26N.C9H22N.C8H20N.C7H18NO.C7H18N.8CH3/c1-3-15(4-2,11-20)16(5-12(21)8-17,6-13(22)9-18)7-14(23)10-19;1-10(2)6-14(11(3)7-15,12(4)8-16)13(5)9-17;1-10(2)7-13(5-6-14,11(3)8-15)12(4)9-16;1-7-11(5,6)12(8-2,9-3)10-4;1-6-9(4)10(5,7-2)8-3;1-7-8(2,3)9(4,5)6;1-5-7(6-9)8(2,3)4;1-6-7(2)8(3,4)5;;;;;;;;/h12-14,17-23H,3-11H2,1-2H3;10-13,15-17H,6-9H2,1-5H3;10-12,14-16H,5-9H2,1-4H3;7-10H2,1-6H3;9H,6-8H2,1-5H3;7H2,1-6H3;7,9H,5-6H2,1-4H3;7H,6H2,1-5H3;8*1H3/q8*+1;8*-1. The summed E-state index contributed by atoms with van der Waals surface area (Å²) in [6.07, 6.45) is 3.74. The van der Waals surface area contributed by atoms with Gasteiger partial charge >= 0.3 is 0 Å². The number of likely N-dealkylation sites (N-methyl/N-ethyl adjacent to an activating group) is 1. The van der Waals surface area contributed by atoms with Gasteiger partial charge in [0.2, 0.25) is 0 Å². The van der Waals surface area contributed by atoms with Gasteiger partial charge in [-0.2, -0.15) is 0 Å². The van der Waals surface area contributed by atoms with Crippen molar-refractivity contribution in [2.75, 3.05) is 215 Å². The summed E-state index contributed by atoms with van der Waals surface area (Å²) in [5.41, 5.74) is 0.0701. The van der Waals surface area contributed by atoms with Gasteiger partial charge in [-0.25, -0.2) is 0 Å². The van der Waals surface area contributed by atoms with E-state index in [4.69, 9.17) is 5.11 Å². The van der Waals surface area contributed by atoms with E-state index < -0.39 is 43.7 Å². The first kappa shape index (κ1) is 149. The molecule has 11 unspecified atom stereocenters. The van der Waals surface area contributed by atoms with Crippen LogP contribution in [0.3, 0.4) is 0 Å². The maximum absolute atomic E-state index is 10.0. The van der Waals surface area contributed by atoms with Crippen molar-refractivity contribution < 1.29 is 107 Å². The molecule has 0 radical (unpaired) electrons. The van der Waals surface area contributed by atoms with Gasteiger partial charge in [-0.3, -0.25) is 0 Å². The number of aliphatic hydroxyl groups excluding tert-OH is 14. The van der Waals surface area contributed by atoms with Crippen molar-refractivity contribution in [3.05, 3.63) is 59.4 Å². The van der Waals surface area contributed by atoms with Crippen LogP contribution in [0.15, 0.2) is 0 Å². The van der Waals surface area contributed by atoms with Crippen LogP contribution in [-0.4, -0.2) is 406 Å². The van der Waals surface area contributed by atoms with Crippen LogP contribution in [0.5, 0.6) is 0 Å². The zero-order valence-corrected chi connectivity index (χ0v) is 84.4. The average molecular weight is 1640 g/mol. The highest BCUT2D eigenvalue weighted by Crippen LogP contribution is 2.35. The Morgan fingerprint density at radius 1 is 0.295 bits per heavy atom. The Hall–Kier alpha value is -0.880. The molecule has 0 spiro atoms. The number of quaternary nitrogens is 8. The van der Waals surface area contributed by atoms with E-state index in [2.05, 4.69) is 209 Å². The second kappa shape index (κ2) is 74.0. The van der Waals surface area contributed by atoms with Crippen molar-refractivity contribution in [3.63, 3.8) is 0 Å². The van der Waals surface area contributed by atoms with E-state index in [-0.39, 0.29) is 160 Å². The number of nitrogens with zero attached hydrogens (tertiary/aromatic N) is 8. The van der Waals surface area contributed by atoms with E-state index in [9.17, 15) is 66.4 Å². The molecule has 0 amide bonds. The molecule has 0 aromatic rings. The van der Waals surface area contributed by atoms with E-state index in [0.717, 1.165) is 45.0 Å². The second-order valence-corrected chi connectivity index (χ2v) is 35.7. The SMILES string of the molecule is CC(C)C[N+](C(C)CO)(C(C)CO)C(C)CO.CC(C)C[N+](CCO)(C(C)CO)C(C)CO.CCC(C)(C)[N+](C)(C)C.CCC(C)(C)[N+](CC)(CC)CC.CCC(C)[N+](C)(C)C.CCC(C)[N+](C)(CC)CC.CCC(CC)(CO)[N+](CC(O)CO)(CC(O)CO)CC(O)CO.CCC(CO)[N+](C)(C)C.[CH3-].[CH3-].[CH3-].[CH3-].[CH3-].[CH3-].[CH3-].[CH3-]. The monoisotopic (exact) mass is 1640 g/mol. The molecule has 0 aromatic carbocycles. The van der Waals surface area contributed by atoms with Gasteiger partial charge in [0.15, 0.2) is 0 Å². The fourth-order valence-electron chi connectivity index (χ4n) is 14.5. The van der Waals surface area contributed by atoms with Crippen LogP contribution in [0, 0.1) is 71.2 Å². The molecule has 0 rings (SSSR count). The molecule has 0 aromatic heterocycles. The topological polar surface area (TPSA) is 283 Å². The first-order valence-corrected chi connectivity index (χ1v) is 41.0. The Labute approximate surface area is 705 Å². The Morgan fingerprint density at radius 2 is 0.589 bits per heavy atom. The minimum Gasteiger partial charge on any atom is -0.393 e. The van der Waals surface area contributed by atoms with E-state index in [1.165, 1.54) is 67.4 Å². The number of hydrogen-bond acceptors (Lipinski definition) is 14. The lowest BCUT2D eigenvalue weighted by Crippen LogP contribution is -2.72. The van der Waals surface area contributed by atoms with Crippen LogP contribution >= 0.6 is 0 Å². The minimum absolute atomic E-state index is 0. The summed E-state index contributed by atoms with van der Waals surface area (Å²) in [6.45, 7) is 66.3. The van der Waals surface area contributed by atoms with Crippen LogP contribution in [-0.2, 0) is 0 Å². The largest absolute Gasteiger partial charge is 0.393 e. The fourth-order valence-corrected chi connectivity index (χ4v) is 14.5. The summed E-state index contributed by atoms with van der Waals surface area (Å²) >= 11 is 0. The van der Waals surface area contributed by atoms with Crippen molar-refractivity contribution in [1.82, 2.24) is 0 Å². The first-order chi connectivity index (χ1) is 47.5. The fraction of sp³-hybridized carbons (Fsp3) is 0.911. The van der Waals surface area contributed by atoms with E-state index in [1.54, 1.807) is 0 Å². The summed E-state index contributed by atoms with van der Waals surface area (Å²) < 4.78 is 6.50. The molecule has 112 heavy (non-hydrogen) atoms. The molecule has 0 aliphatic rings. The van der Waals surface area contributed by atoms with Gasteiger partial charge in [-0.1, -0.05) is 76.2 Å². The van der Waals surface area contributed by atoms with E-state index >= 15 is 0 Å². The predicted octanol–water partition coefficient (Wildman–Crippen LogP) is 11.0. The highest BCUT2D eigenvalue weighted by Gasteiger charge is 2.51. The Morgan fingerprint density at radius 3 is 0.705 bits per heavy atom. The van der Waals surface area contributed by atoms with Crippen LogP contribution in [0.4, 0.5) is 0 Å². The molecule has 0 saturated carbocycles. The molecular formula is C90H220N8O14. The normalized spacial score (nSPS) is 16.3. The Bertz CT molecular complexity index is 1840. The maximum atomic E-state index is 10.0. The van der Waals surface area contributed by atoms with Crippen LogP contribution in [0.25, 0.3) is 0 Å². The van der Waals surface area contributed by atoms with Gasteiger partial charge in [-0.15, -0.1) is 0 Å². The van der Waals surface area contributed by atoms with Crippen molar-refractivity contribution >= 4 is 0 Å². The molecule has 0 aliphatic heterocycles. The van der Waals surface area contributed by atoms with Crippen molar-refractivity contribution in [2.45, 2.75) is 315 Å². The van der Waals surface area contributed by atoms with Gasteiger partial charge in [-0.05, 0) is 143 Å². The molecule has 704 valence electrons. The summed E-state index contributed by atoms with van der Waals surface area (Å²) in [6, 6.07) is 2.12. The average Bonchev–Trinajstić information content (AvgIpc) is 0.766. The molecule has 0 heterocycles. The van der Waals surface area contributed by atoms with Crippen LogP contribution in [0.2, 0.25) is 0 Å². The molecule has 22 nitrogen and oxygen atoms in total. The lowest BCUT2D eigenvalue weighted by atomic mass is 9.86. The zero-order chi connectivity index (χ0) is 84.5. The number of hydrogen-bond donors (Lipinski definition) is 14. The van der Waals surface area contributed by atoms with E-state index in [1.807, 2.05) is 48.5 Å². The van der Waals surface area contributed by atoms with Crippen molar-refractivity contribution in [1.29, 1.82) is 0 Å². The van der Waals surface area contributed by atoms with Gasteiger partial charge in [0.05, 0.1) is 212 Å². The number of aliphatic hydroxyl groups is 14.